The number of hydrogen-bond donors (Lipinski definition) is 0. The van der Waals surface area contributed by atoms with Crippen molar-refractivity contribution in [3.8, 4) is 0 Å². The monoisotopic (exact) mass is 286 g/mol. The summed E-state index contributed by atoms with van der Waals surface area (Å²) < 4.78 is 4.61. The van der Waals surface area contributed by atoms with E-state index in [4.69, 9.17) is 11.6 Å². The van der Waals surface area contributed by atoms with Gasteiger partial charge in [-0.25, -0.2) is 0 Å². The van der Waals surface area contributed by atoms with E-state index in [-0.39, 0.29) is 23.2 Å². The number of likely N-dealkylation sites (N-methyl/N-ethyl adjacent to an activating group) is 1. The minimum atomic E-state index is -0.532. The van der Waals surface area contributed by atoms with Crippen LogP contribution in [0.2, 0.25) is 5.02 Å². The van der Waals surface area contributed by atoms with Gasteiger partial charge >= 0.3 is 5.97 Å². The molecule has 0 radical (unpaired) electrons. The molecule has 19 heavy (non-hydrogen) atoms. The third-order valence-electron chi connectivity index (χ3n) is 2.73. The maximum Gasteiger partial charge on any atom is 0.325 e. The molecule has 0 N–H and O–H groups in total. The number of nitro groups is 1. The molecule has 0 atom stereocenters. The smallest absolute Gasteiger partial charge is 0.325 e. The van der Waals surface area contributed by atoms with Crippen molar-refractivity contribution in [3.63, 3.8) is 0 Å². The first-order chi connectivity index (χ1) is 8.90. The quantitative estimate of drug-likeness (QED) is 0.472. The Morgan fingerprint density at radius 2 is 2.16 bits per heavy atom. The van der Waals surface area contributed by atoms with Crippen LogP contribution < -0.4 is 4.90 Å². The van der Waals surface area contributed by atoms with Gasteiger partial charge in [-0.15, -0.1) is 0 Å². The molecule has 0 saturated heterocycles. The van der Waals surface area contributed by atoms with Crippen molar-refractivity contribution >= 4 is 28.9 Å². The second-order valence-corrected chi connectivity index (χ2v) is 4.34. The van der Waals surface area contributed by atoms with E-state index in [1.54, 1.807) is 11.8 Å². The van der Waals surface area contributed by atoms with Crippen molar-refractivity contribution in [3.05, 3.63) is 32.8 Å². The molecule has 0 spiro atoms. The van der Waals surface area contributed by atoms with Crippen LogP contribution in [0.15, 0.2) is 12.1 Å². The fraction of sp³-hybridized carbons (Fsp3) is 0.417. The molecule has 0 fully saturated rings. The molecular weight excluding hydrogens is 272 g/mol. The zero-order valence-corrected chi connectivity index (χ0v) is 11.7. The van der Waals surface area contributed by atoms with E-state index < -0.39 is 4.92 Å². The first-order valence-electron chi connectivity index (χ1n) is 5.67. The van der Waals surface area contributed by atoms with E-state index in [0.717, 1.165) is 0 Å². The largest absolute Gasteiger partial charge is 0.468 e. The number of hydrogen-bond acceptors (Lipinski definition) is 5. The Balaban J connectivity index is 3.15. The number of aryl methyl sites for hydroxylation is 1. The molecule has 0 saturated carbocycles. The number of nitro benzene ring substituents is 1. The molecule has 0 unspecified atom stereocenters. The number of esters is 1. The van der Waals surface area contributed by atoms with Crippen LogP contribution in [0.25, 0.3) is 0 Å². The van der Waals surface area contributed by atoms with Crippen molar-refractivity contribution < 1.29 is 14.5 Å². The second kappa shape index (κ2) is 6.38. The lowest BCUT2D eigenvalue weighted by Crippen LogP contribution is -2.30. The third-order valence-corrected chi connectivity index (χ3v) is 3.03. The third kappa shape index (κ3) is 3.57. The average molecular weight is 287 g/mol. The van der Waals surface area contributed by atoms with Crippen LogP contribution in [0, 0.1) is 17.0 Å². The zero-order valence-electron chi connectivity index (χ0n) is 11.0. The van der Waals surface area contributed by atoms with Gasteiger partial charge in [0.1, 0.15) is 11.6 Å². The second-order valence-electron chi connectivity index (χ2n) is 3.94. The van der Waals surface area contributed by atoms with Gasteiger partial charge in [-0.3, -0.25) is 14.9 Å². The molecular formula is C12H15ClN2O4. The van der Waals surface area contributed by atoms with Gasteiger partial charge in [-0.05, 0) is 25.5 Å². The zero-order chi connectivity index (χ0) is 14.6. The van der Waals surface area contributed by atoms with E-state index in [2.05, 4.69) is 4.74 Å². The van der Waals surface area contributed by atoms with Crippen LogP contribution in [0.3, 0.4) is 0 Å². The number of benzene rings is 1. The minimum Gasteiger partial charge on any atom is -0.468 e. The summed E-state index contributed by atoms with van der Waals surface area (Å²) >= 11 is 5.88. The first kappa shape index (κ1) is 15.2. The molecule has 0 amide bonds. The topological polar surface area (TPSA) is 72.7 Å². The Hall–Kier alpha value is -1.82. The van der Waals surface area contributed by atoms with E-state index in [9.17, 15) is 14.9 Å². The lowest BCUT2D eigenvalue weighted by Gasteiger charge is -2.23. The van der Waals surface area contributed by atoms with Gasteiger partial charge in [0, 0.05) is 18.3 Å². The number of halogens is 1. The van der Waals surface area contributed by atoms with Gasteiger partial charge in [0.2, 0.25) is 0 Å². The SMILES string of the molecule is CCN(CC(=O)OC)c1cc(Cl)c([N+](=O)[O-])cc1C. The highest BCUT2D eigenvalue weighted by Crippen LogP contribution is 2.32. The summed E-state index contributed by atoms with van der Waals surface area (Å²) in [4.78, 5) is 23.3. The lowest BCUT2D eigenvalue weighted by atomic mass is 10.1. The molecule has 1 rings (SSSR count). The standard InChI is InChI=1S/C12H15ClN2O4/c1-4-14(7-12(16)19-3)10-6-9(13)11(15(17)18)5-8(10)2/h5-6H,4,7H2,1-3H3. The molecule has 104 valence electrons. The summed E-state index contributed by atoms with van der Waals surface area (Å²) in [5.41, 5.74) is 1.22. The fourth-order valence-corrected chi connectivity index (χ4v) is 1.95. The molecule has 0 aliphatic rings. The molecule has 6 nitrogen and oxygen atoms in total. The van der Waals surface area contributed by atoms with Gasteiger partial charge in [0.25, 0.3) is 5.69 Å². The summed E-state index contributed by atoms with van der Waals surface area (Å²) in [5, 5.41) is 10.8. The Kier molecular flexibility index (Phi) is 5.11. The van der Waals surface area contributed by atoms with Crippen molar-refractivity contribution in [1.82, 2.24) is 0 Å². The predicted octanol–water partition coefficient (Wildman–Crippen LogP) is 2.56. The summed E-state index contributed by atoms with van der Waals surface area (Å²) in [5.74, 6) is -0.379. The molecule has 1 aromatic carbocycles. The predicted molar refractivity (Wildman–Crippen MR) is 72.7 cm³/mol. The van der Waals surface area contributed by atoms with Crippen molar-refractivity contribution in [2.75, 3.05) is 25.1 Å². The maximum atomic E-state index is 11.3. The Morgan fingerprint density at radius 1 is 1.53 bits per heavy atom. The minimum absolute atomic E-state index is 0.0499. The Morgan fingerprint density at radius 3 is 2.63 bits per heavy atom. The number of rotatable bonds is 5. The molecule has 0 bridgehead atoms. The molecule has 0 aromatic heterocycles. The summed E-state index contributed by atoms with van der Waals surface area (Å²) in [6.07, 6.45) is 0. The van der Waals surface area contributed by atoms with Crippen molar-refractivity contribution in [2.45, 2.75) is 13.8 Å². The molecule has 0 heterocycles. The number of methoxy groups -OCH3 is 1. The Labute approximate surface area is 116 Å². The molecule has 7 heteroatoms. The van der Waals surface area contributed by atoms with Crippen LogP contribution in [0.4, 0.5) is 11.4 Å². The van der Waals surface area contributed by atoms with Crippen molar-refractivity contribution in [2.24, 2.45) is 0 Å². The van der Waals surface area contributed by atoms with E-state index >= 15 is 0 Å². The summed E-state index contributed by atoms with van der Waals surface area (Å²) in [6, 6.07) is 2.90. The number of anilines is 1. The number of nitrogens with zero attached hydrogens (tertiary/aromatic N) is 2. The highest BCUT2D eigenvalue weighted by Gasteiger charge is 2.19. The average Bonchev–Trinajstić information content (AvgIpc) is 2.37. The summed E-state index contributed by atoms with van der Waals surface area (Å²) in [7, 11) is 1.31. The van der Waals surface area contributed by atoms with Gasteiger partial charge in [-0.1, -0.05) is 11.6 Å². The van der Waals surface area contributed by atoms with Crippen molar-refractivity contribution in [1.29, 1.82) is 0 Å². The first-order valence-corrected chi connectivity index (χ1v) is 6.04. The lowest BCUT2D eigenvalue weighted by molar-refractivity contribution is -0.384. The Bertz CT molecular complexity index is 505. The van der Waals surface area contributed by atoms with Gasteiger partial charge < -0.3 is 9.64 Å². The number of carbonyl (C=O) groups excluding carboxylic acids is 1. The van der Waals surface area contributed by atoms with E-state index in [0.29, 0.717) is 17.8 Å². The fourth-order valence-electron chi connectivity index (χ4n) is 1.72. The number of ether oxygens (including phenoxy) is 1. The molecule has 0 aliphatic carbocycles. The van der Waals surface area contributed by atoms with Crippen LogP contribution in [-0.2, 0) is 9.53 Å². The van der Waals surface area contributed by atoms with Crippen LogP contribution >= 0.6 is 11.6 Å². The van der Waals surface area contributed by atoms with Crippen LogP contribution in [0.1, 0.15) is 12.5 Å². The number of carbonyl (C=O) groups is 1. The summed E-state index contributed by atoms with van der Waals surface area (Å²) in [6.45, 7) is 4.24. The van der Waals surface area contributed by atoms with Crippen LogP contribution in [-0.4, -0.2) is 31.1 Å². The highest BCUT2D eigenvalue weighted by molar-refractivity contribution is 6.33. The van der Waals surface area contributed by atoms with Gasteiger partial charge in [0.05, 0.1) is 12.0 Å². The van der Waals surface area contributed by atoms with E-state index in [1.165, 1.54) is 19.2 Å². The highest BCUT2D eigenvalue weighted by atomic mass is 35.5. The maximum absolute atomic E-state index is 11.3. The van der Waals surface area contributed by atoms with Gasteiger partial charge in [0.15, 0.2) is 0 Å². The van der Waals surface area contributed by atoms with E-state index in [1.807, 2.05) is 6.92 Å². The van der Waals surface area contributed by atoms with Gasteiger partial charge in [-0.2, -0.15) is 0 Å². The normalized spacial score (nSPS) is 10.1. The molecule has 0 aliphatic heterocycles. The molecule has 1 aromatic rings. The van der Waals surface area contributed by atoms with Crippen LogP contribution in [0.5, 0.6) is 0 Å².